The first kappa shape index (κ1) is 12.0. The standard InChI is InChI=1S/C13H12N2O3/c1-8-3-4-10(11(5-8)18-2)12-14-6-9(7-15-12)13(16)17/h3-7H,1-2H3,(H,16,17). The number of hydrogen-bond donors (Lipinski definition) is 1. The van der Waals surface area contributed by atoms with Crippen molar-refractivity contribution < 1.29 is 14.6 Å². The van der Waals surface area contributed by atoms with Crippen molar-refractivity contribution in [1.82, 2.24) is 9.97 Å². The number of aromatic carboxylic acids is 1. The van der Waals surface area contributed by atoms with Crippen molar-refractivity contribution in [2.24, 2.45) is 0 Å². The van der Waals surface area contributed by atoms with Gasteiger partial charge in [0.05, 0.1) is 18.2 Å². The lowest BCUT2D eigenvalue weighted by Crippen LogP contribution is -2.00. The molecule has 0 unspecified atom stereocenters. The summed E-state index contributed by atoms with van der Waals surface area (Å²) in [6, 6.07) is 5.65. The molecule has 0 fully saturated rings. The second-order valence-electron chi connectivity index (χ2n) is 3.80. The Hall–Kier alpha value is -2.43. The van der Waals surface area contributed by atoms with E-state index in [1.807, 2.05) is 25.1 Å². The van der Waals surface area contributed by atoms with E-state index in [4.69, 9.17) is 9.84 Å². The van der Waals surface area contributed by atoms with Gasteiger partial charge in [-0.25, -0.2) is 14.8 Å². The van der Waals surface area contributed by atoms with Gasteiger partial charge in [-0.3, -0.25) is 0 Å². The molecule has 0 amide bonds. The number of methoxy groups -OCH3 is 1. The number of aryl methyl sites for hydroxylation is 1. The van der Waals surface area contributed by atoms with E-state index in [9.17, 15) is 4.79 Å². The number of carboxylic acid groups (broad SMARTS) is 1. The van der Waals surface area contributed by atoms with Crippen molar-refractivity contribution in [3.63, 3.8) is 0 Å². The summed E-state index contributed by atoms with van der Waals surface area (Å²) in [6.45, 7) is 1.96. The van der Waals surface area contributed by atoms with Crippen LogP contribution in [0.25, 0.3) is 11.4 Å². The molecule has 0 radical (unpaired) electrons. The number of nitrogens with zero attached hydrogens (tertiary/aromatic N) is 2. The van der Waals surface area contributed by atoms with Gasteiger partial charge in [0.1, 0.15) is 5.75 Å². The average molecular weight is 244 g/mol. The van der Waals surface area contributed by atoms with Gasteiger partial charge in [-0.05, 0) is 24.6 Å². The number of ether oxygens (including phenoxy) is 1. The lowest BCUT2D eigenvalue weighted by atomic mass is 10.1. The molecule has 5 nitrogen and oxygen atoms in total. The normalized spacial score (nSPS) is 10.1. The monoisotopic (exact) mass is 244 g/mol. The van der Waals surface area contributed by atoms with Crippen LogP contribution in [-0.4, -0.2) is 28.2 Å². The fraction of sp³-hybridized carbons (Fsp3) is 0.154. The van der Waals surface area contributed by atoms with Gasteiger partial charge in [-0.1, -0.05) is 6.07 Å². The van der Waals surface area contributed by atoms with Crippen molar-refractivity contribution in [3.05, 3.63) is 41.7 Å². The SMILES string of the molecule is COc1cc(C)ccc1-c1ncc(C(=O)O)cn1. The summed E-state index contributed by atoms with van der Waals surface area (Å²) in [5, 5.41) is 8.78. The topological polar surface area (TPSA) is 72.3 Å². The molecule has 1 heterocycles. The predicted molar refractivity (Wildman–Crippen MR) is 65.7 cm³/mol. The van der Waals surface area contributed by atoms with Crippen LogP contribution in [0.15, 0.2) is 30.6 Å². The van der Waals surface area contributed by atoms with Crippen molar-refractivity contribution in [2.45, 2.75) is 6.92 Å². The Kier molecular flexibility index (Phi) is 3.23. The predicted octanol–water partition coefficient (Wildman–Crippen LogP) is 2.16. The molecule has 1 aromatic carbocycles. The van der Waals surface area contributed by atoms with Crippen LogP contribution in [0.1, 0.15) is 15.9 Å². The van der Waals surface area contributed by atoms with Crippen LogP contribution in [-0.2, 0) is 0 Å². The van der Waals surface area contributed by atoms with Gasteiger partial charge in [-0.15, -0.1) is 0 Å². The third-order valence-corrected chi connectivity index (χ3v) is 2.50. The van der Waals surface area contributed by atoms with E-state index in [1.54, 1.807) is 7.11 Å². The van der Waals surface area contributed by atoms with Gasteiger partial charge in [-0.2, -0.15) is 0 Å². The molecule has 2 rings (SSSR count). The molecule has 0 spiro atoms. The molecule has 1 aromatic heterocycles. The summed E-state index contributed by atoms with van der Waals surface area (Å²) in [7, 11) is 1.57. The third kappa shape index (κ3) is 2.29. The Morgan fingerprint density at radius 2 is 1.94 bits per heavy atom. The third-order valence-electron chi connectivity index (χ3n) is 2.50. The van der Waals surface area contributed by atoms with Gasteiger partial charge in [0.2, 0.25) is 0 Å². The molecule has 0 aliphatic carbocycles. The molecule has 5 heteroatoms. The maximum atomic E-state index is 10.7. The van der Waals surface area contributed by atoms with Crippen LogP contribution in [0.3, 0.4) is 0 Å². The number of carbonyl (C=O) groups is 1. The smallest absolute Gasteiger partial charge is 0.338 e. The molecule has 0 atom stereocenters. The summed E-state index contributed by atoms with van der Waals surface area (Å²) >= 11 is 0. The van der Waals surface area contributed by atoms with Crippen molar-refractivity contribution in [1.29, 1.82) is 0 Å². The first-order chi connectivity index (χ1) is 8.61. The zero-order valence-corrected chi connectivity index (χ0v) is 10.0. The maximum absolute atomic E-state index is 10.7. The fourth-order valence-electron chi connectivity index (χ4n) is 1.56. The summed E-state index contributed by atoms with van der Waals surface area (Å²) in [5.74, 6) is 0.0624. The second-order valence-corrected chi connectivity index (χ2v) is 3.80. The Bertz CT molecular complexity index is 579. The molecule has 0 aliphatic rings. The molecular formula is C13H12N2O3. The Morgan fingerprint density at radius 3 is 2.50 bits per heavy atom. The number of benzene rings is 1. The molecule has 0 bridgehead atoms. The highest BCUT2D eigenvalue weighted by molar-refractivity contribution is 5.87. The highest BCUT2D eigenvalue weighted by Crippen LogP contribution is 2.27. The summed E-state index contributed by atoms with van der Waals surface area (Å²) in [6.07, 6.45) is 2.56. The van der Waals surface area contributed by atoms with Crippen LogP contribution in [0.5, 0.6) is 5.75 Å². The first-order valence-electron chi connectivity index (χ1n) is 5.32. The maximum Gasteiger partial charge on any atom is 0.338 e. The minimum atomic E-state index is -1.04. The number of rotatable bonds is 3. The Morgan fingerprint density at radius 1 is 1.28 bits per heavy atom. The van der Waals surface area contributed by atoms with E-state index in [1.165, 1.54) is 12.4 Å². The van der Waals surface area contributed by atoms with Gasteiger partial charge >= 0.3 is 5.97 Å². The van der Waals surface area contributed by atoms with Gasteiger partial charge in [0.15, 0.2) is 5.82 Å². The molecule has 1 N–H and O–H groups in total. The number of aromatic nitrogens is 2. The number of carboxylic acids is 1. The first-order valence-corrected chi connectivity index (χ1v) is 5.32. The van der Waals surface area contributed by atoms with Crippen molar-refractivity contribution >= 4 is 5.97 Å². The molecule has 2 aromatic rings. The molecule has 0 saturated carbocycles. The largest absolute Gasteiger partial charge is 0.496 e. The minimum Gasteiger partial charge on any atom is -0.496 e. The van der Waals surface area contributed by atoms with E-state index in [0.717, 1.165) is 11.1 Å². The molecular weight excluding hydrogens is 232 g/mol. The van der Waals surface area contributed by atoms with Crippen LogP contribution in [0.2, 0.25) is 0 Å². The minimum absolute atomic E-state index is 0.0600. The van der Waals surface area contributed by atoms with Crippen LogP contribution in [0.4, 0.5) is 0 Å². The average Bonchev–Trinajstić information content (AvgIpc) is 2.38. The van der Waals surface area contributed by atoms with Crippen LogP contribution in [0, 0.1) is 6.92 Å². The fourth-order valence-corrected chi connectivity index (χ4v) is 1.56. The summed E-state index contributed by atoms with van der Waals surface area (Å²) < 4.78 is 5.26. The lowest BCUT2D eigenvalue weighted by molar-refractivity contribution is 0.0696. The Labute approximate surface area is 104 Å². The summed E-state index contributed by atoms with van der Waals surface area (Å²) in [4.78, 5) is 18.8. The zero-order valence-electron chi connectivity index (χ0n) is 10.0. The van der Waals surface area contributed by atoms with E-state index >= 15 is 0 Å². The highest BCUT2D eigenvalue weighted by atomic mass is 16.5. The van der Waals surface area contributed by atoms with Crippen molar-refractivity contribution in [3.8, 4) is 17.1 Å². The van der Waals surface area contributed by atoms with E-state index in [-0.39, 0.29) is 5.56 Å². The second kappa shape index (κ2) is 4.83. The van der Waals surface area contributed by atoms with Gasteiger partial charge in [0.25, 0.3) is 0 Å². The Balaban J connectivity index is 2.45. The number of hydrogen-bond acceptors (Lipinski definition) is 4. The van der Waals surface area contributed by atoms with E-state index in [0.29, 0.717) is 11.6 Å². The highest BCUT2D eigenvalue weighted by Gasteiger charge is 2.10. The molecule has 92 valence electrons. The summed E-state index contributed by atoms with van der Waals surface area (Å²) in [5.41, 5.74) is 1.86. The van der Waals surface area contributed by atoms with Crippen LogP contribution >= 0.6 is 0 Å². The zero-order chi connectivity index (χ0) is 13.1. The van der Waals surface area contributed by atoms with Crippen LogP contribution < -0.4 is 4.74 Å². The van der Waals surface area contributed by atoms with Crippen molar-refractivity contribution in [2.75, 3.05) is 7.11 Å². The van der Waals surface area contributed by atoms with Gasteiger partial charge < -0.3 is 9.84 Å². The lowest BCUT2D eigenvalue weighted by Gasteiger charge is -2.08. The molecule has 0 aliphatic heterocycles. The molecule has 0 saturated heterocycles. The van der Waals surface area contributed by atoms with Gasteiger partial charge in [0, 0.05) is 12.4 Å². The van der Waals surface area contributed by atoms with E-state index in [2.05, 4.69) is 9.97 Å². The molecule has 18 heavy (non-hydrogen) atoms. The quantitative estimate of drug-likeness (QED) is 0.895. The van der Waals surface area contributed by atoms with E-state index < -0.39 is 5.97 Å².